The number of hydrogen-bond acceptors (Lipinski definition) is 3. The van der Waals surface area contributed by atoms with Gasteiger partial charge >= 0.3 is 0 Å². The molecule has 1 heterocycles. The van der Waals surface area contributed by atoms with Crippen molar-refractivity contribution in [2.75, 3.05) is 24.5 Å². The van der Waals surface area contributed by atoms with E-state index in [4.69, 9.17) is 4.74 Å². The molecule has 0 amide bonds. The number of nitrogens with zero attached hydrogens (tertiary/aromatic N) is 1. The number of hydrogen-bond donors (Lipinski definition) is 1. The molecule has 1 aliphatic carbocycles. The van der Waals surface area contributed by atoms with Crippen molar-refractivity contribution in [3.63, 3.8) is 0 Å². The van der Waals surface area contributed by atoms with Crippen molar-refractivity contribution < 1.29 is 9.13 Å². The van der Waals surface area contributed by atoms with Crippen LogP contribution >= 0.6 is 0 Å². The van der Waals surface area contributed by atoms with Crippen LogP contribution in [0.3, 0.4) is 0 Å². The summed E-state index contributed by atoms with van der Waals surface area (Å²) >= 11 is 0. The molecule has 2 atom stereocenters. The fourth-order valence-electron chi connectivity index (χ4n) is 2.99. The first kappa shape index (κ1) is 14.8. The summed E-state index contributed by atoms with van der Waals surface area (Å²) in [6.07, 6.45) is 5.48. The van der Waals surface area contributed by atoms with Crippen LogP contribution in [0.5, 0.6) is 0 Å². The van der Waals surface area contributed by atoms with Crippen molar-refractivity contribution in [3.05, 3.63) is 30.1 Å². The van der Waals surface area contributed by atoms with E-state index in [2.05, 4.69) is 17.1 Å². The molecule has 4 heteroatoms. The minimum atomic E-state index is -0.176. The Morgan fingerprint density at radius 2 is 2.05 bits per heavy atom. The van der Waals surface area contributed by atoms with E-state index in [1.165, 1.54) is 18.9 Å². The number of halogens is 1. The van der Waals surface area contributed by atoms with E-state index >= 15 is 0 Å². The van der Waals surface area contributed by atoms with Crippen LogP contribution in [-0.4, -0.2) is 37.9 Å². The third-order valence-electron chi connectivity index (χ3n) is 4.39. The molecule has 2 aliphatic rings. The minimum absolute atomic E-state index is 0.176. The van der Waals surface area contributed by atoms with Crippen molar-refractivity contribution in [1.82, 2.24) is 5.32 Å². The molecule has 1 aromatic rings. The molecular formula is C17H25FN2O. The molecule has 1 saturated carbocycles. The molecule has 1 aliphatic heterocycles. The molecule has 116 valence electrons. The van der Waals surface area contributed by atoms with Crippen molar-refractivity contribution in [1.29, 1.82) is 0 Å². The highest BCUT2D eigenvalue weighted by Gasteiger charge is 2.29. The van der Waals surface area contributed by atoms with E-state index in [0.29, 0.717) is 6.10 Å². The third-order valence-corrected chi connectivity index (χ3v) is 4.39. The van der Waals surface area contributed by atoms with Crippen LogP contribution in [0.4, 0.5) is 10.1 Å². The fourth-order valence-corrected chi connectivity index (χ4v) is 2.99. The first-order chi connectivity index (χ1) is 10.2. The standard InChI is InChI=1S/C17H25FN2O/c1-2-20(15-5-3-4-13(18)10-15)12-17-9-8-16(21-17)11-19-14-6-7-14/h3-5,10,14,16-17,19H,2,6-9,11-12H2,1H3. The highest BCUT2D eigenvalue weighted by atomic mass is 19.1. The zero-order valence-electron chi connectivity index (χ0n) is 12.7. The van der Waals surface area contributed by atoms with Crippen LogP contribution in [0.2, 0.25) is 0 Å². The summed E-state index contributed by atoms with van der Waals surface area (Å²) in [7, 11) is 0. The molecule has 1 aromatic carbocycles. The Labute approximate surface area is 126 Å². The van der Waals surface area contributed by atoms with Crippen LogP contribution < -0.4 is 10.2 Å². The largest absolute Gasteiger partial charge is 0.372 e. The predicted molar refractivity (Wildman–Crippen MR) is 83.2 cm³/mol. The van der Waals surface area contributed by atoms with Crippen LogP contribution in [0.1, 0.15) is 32.6 Å². The molecule has 1 N–H and O–H groups in total. The molecule has 3 rings (SSSR count). The number of benzene rings is 1. The topological polar surface area (TPSA) is 24.5 Å². The second kappa shape index (κ2) is 6.75. The lowest BCUT2D eigenvalue weighted by Gasteiger charge is -2.26. The minimum Gasteiger partial charge on any atom is -0.372 e. The van der Waals surface area contributed by atoms with Gasteiger partial charge in [0.15, 0.2) is 0 Å². The van der Waals surface area contributed by atoms with Crippen LogP contribution in [0, 0.1) is 5.82 Å². The number of rotatable bonds is 7. The lowest BCUT2D eigenvalue weighted by molar-refractivity contribution is 0.0493. The SMILES string of the molecule is CCN(CC1CCC(CNC2CC2)O1)c1cccc(F)c1. The van der Waals surface area contributed by atoms with Gasteiger partial charge in [0.2, 0.25) is 0 Å². The van der Waals surface area contributed by atoms with Gasteiger partial charge in [-0.1, -0.05) is 6.07 Å². The monoisotopic (exact) mass is 292 g/mol. The van der Waals surface area contributed by atoms with Crippen LogP contribution in [0.15, 0.2) is 24.3 Å². The Morgan fingerprint density at radius 3 is 2.76 bits per heavy atom. The summed E-state index contributed by atoms with van der Waals surface area (Å²) in [5.74, 6) is -0.176. The molecule has 0 spiro atoms. The number of ether oxygens (including phenoxy) is 1. The molecule has 1 saturated heterocycles. The van der Waals surface area contributed by atoms with E-state index in [9.17, 15) is 4.39 Å². The fraction of sp³-hybridized carbons (Fsp3) is 0.647. The Balaban J connectivity index is 1.50. The Bertz CT molecular complexity index is 464. The van der Waals surface area contributed by atoms with E-state index < -0.39 is 0 Å². The summed E-state index contributed by atoms with van der Waals surface area (Å²) < 4.78 is 19.5. The lowest BCUT2D eigenvalue weighted by Crippen LogP contribution is -2.34. The third kappa shape index (κ3) is 4.17. The Hall–Kier alpha value is -1.13. The quantitative estimate of drug-likeness (QED) is 0.836. The molecule has 0 bridgehead atoms. The van der Waals surface area contributed by atoms with Gasteiger partial charge in [-0.15, -0.1) is 0 Å². The summed E-state index contributed by atoms with van der Waals surface area (Å²) in [5, 5.41) is 3.54. The highest BCUT2D eigenvalue weighted by molar-refractivity contribution is 5.46. The molecule has 2 unspecified atom stereocenters. The second-order valence-electron chi connectivity index (χ2n) is 6.16. The number of nitrogens with one attached hydrogen (secondary N) is 1. The molecular weight excluding hydrogens is 267 g/mol. The maximum Gasteiger partial charge on any atom is 0.125 e. The van der Waals surface area contributed by atoms with E-state index in [-0.39, 0.29) is 11.9 Å². The Morgan fingerprint density at radius 1 is 1.24 bits per heavy atom. The zero-order chi connectivity index (χ0) is 14.7. The van der Waals surface area contributed by atoms with Crippen molar-refractivity contribution in [2.45, 2.75) is 50.9 Å². The molecule has 2 fully saturated rings. The molecule has 21 heavy (non-hydrogen) atoms. The summed E-state index contributed by atoms with van der Waals surface area (Å²) in [5.41, 5.74) is 0.945. The van der Waals surface area contributed by atoms with Gasteiger partial charge in [-0.25, -0.2) is 4.39 Å². The normalized spacial score (nSPS) is 25.2. The summed E-state index contributed by atoms with van der Waals surface area (Å²) in [6, 6.07) is 7.57. The highest BCUT2D eigenvalue weighted by Crippen LogP contribution is 2.24. The molecule has 0 radical (unpaired) electrons. The second-order valence-corrected chi connectivity index (χ2v) is 6.16. The predicted octanol–water partition coefficient (Wildman–Crippen LogP) is 2.95. The van der Waals surface area contributed by atoms with Gasteiger partial charge in [-0.05, 0) is 50.8 Å². The summed E-state index contributed by atoms with van der Waals surface area (Å²) in [4.78, 5) is 2.20. The maximum atomic E-state index is 13.4. The Kier molecular flexibility index (Phi) is 4.76. The van der Waals surface area contributed by atoms with Gasteiger partial charge in [-0.2, -0.15) is 0 Å². The zero-order valence-corrected chi connectivity index (χ0v) is 12.7. The number of likely N-dealkylation sites (N-methyl/N-ethyl adjacent to an activating group) is 1. The van der Waals surface area contributed by atoms with Crippen LogP contribution in [0.25, 0.3) is 0 Å². The average Bonchev–Trinajstić information content (AvgIpc) is 3.21. The van der Waals surface area contributed by atoms with Gasteiger partial charge in [0, 0.05) is 31.4 Å². The average molecular weight is 292 g/mol. The van der Waals surface area contributed by atoms with Crippen molar-refractivity contribution in [3.8, 4) is 0 Å². The van der Waals surface area contributed by atoms with Crippen molar-refractivity contribution >= 4 is 5.69 Å². The van der Waals surface area contributed by atoms with Gasteiger partial charge in [0.05, 0.1) is 12.2 Å². The van der Waals surface area contributed by atoms with Crippen LogP contribution in [-0.2, 0) is 4.74 Å². The first-order valence-electron chi connectivity index (χ1n) is 8.14. The van der Waals surface area contributed by atoms with Gasteiger partial charge in [0.25, 0.3) is 0 Å². The maximum absolute atomic E-state index is 13.4. The first-order valence-corrected chi connectivity index (χ1v) is 8.14. The molecule has 0 aromatic heterocycles. The summed E-state index contributed by atoms with van der Waals surface area (Å²) in [6.45, 7) is 4.80. The van der Waals surface area contributed by atoms with E-state index in [0.717, 1.165) is 44.2 Å². The van der Waals surface area contributed by atoms with Crippen molar-refractivity contribution in [2.24, 2.45) is 0 Å². The number of anilines is 1. The van der Waals surface area contributed by atoms with Gasteiger partial charge in [-0.3, -0.25) is 0 Å². The van der Waals surface area contributed by atoms with E-state index in [1.807, 2.05) is 6.07 Å². The smallest absolute Gasteiger partial charge is 0.125 e. The van der Waals surface area contributed by atoms with Gasteiger partial charge in [0.1, 0.15) is 5.82 Å². The van der Waals surface area contributed by atoms with E-state index in [1.54, 1.807) is 12.1 Å². The lowest BCUT2D eigenvalue weighted by atomic mass is 10.1. The molecule has 3 nitrogen and oxygen atoms in total. The van der Waals surface area contributed by atoms with Gasteiger partial charge < -0.3 is 15.0 Å².